The van der Waals surface area contributed by atoms with E-state index >= 15 is 0 Å². The molecule has 0 aliphatic carbocycles. The van der Waals surface area contributed by atoms with E-state index in [2.05, 4.69) is 4.98 Å². The highest BCUT2D eigenvalue weighted by atomic mass is 16.4. The molecule has 86 valence electrons. The number of H-pyrrole nitrogens is 2. The summed E-state index contributed by atoms with van der Waals surface area (Å²) in [6.07, 6.45) is 2.41. The molecule has 8 nitrogen and oxygen atoms in total. The van der Waals surface area contributed by atoms with Gasteiger partial charge in [0.1, 0.15) is 0 Å². The van der Waals surface area contributed by atoms with Crippen molar-refractivity contribution in [1.29, 1.82) is 0 Å². The summed E-state index contributed by atoms with van der Waals surface area (Å²) >= 11 is 0. The van der Waals surface area contributed by atoms with Gasteiger partial charge in [-0.3, -0.25) is 9.78 Å². The lowest BCUT2D eigenvalue weighted by atomic mass is 10.5. The molecule has 0 amide bonds. The fraction of sp³-hybridized carbons (Fsp3) is 0. The Bertz CT molecular complexity index is 456. The molecule has 0 saturated carbocycles. The van der Waals surface area contributed by atoms with Gasteiger partial charge in [0, 0.05) is 24.4 Å². The van der Waals surface area contributed by atoms with Crippen LogP contribution in [0.15, 0.2) is 34.0 Å². The lowest BCUT2D eigenvalue weighted by Crippen LogP contribution is -2.19. The van der Waals surface area contributed by atoms with Gasteiger partial charge in [0.05, 0.1) is 0 Å². The van der Waals surface area contributed by atoms with E-state index in [0.717, 1.165) is 0 Å². The Morgan fingerprint density at radius 3 is 1.88 bits per heavy atom. The van der Waals surface area contributed by atoms with Crippen molar-refractivity contribution < 1.29 is 19.8 Å². The maximum Gasteiger partial charge on any atom is 0.328 e. The molecule has 0 spiro atoms. The highest BCUT2D eigenvalue weighted by Gasteiger charge is 1.88. The summed E-state index contributed by atoms with van der Waals surface area (Å²) < 4.78 is 0. The molecule has 1 aromatic heterocycles. The lowest BCUT2D eigenvalue weighted by Gasteiger charge is -1.75. The van der Waals surface area contributed by atoms with E-state index in [4.69, 9.17) is 10.2 Å². The molecule has 0 aromatic carbocycles. The molecule has 0 radical (unpaired) electrons. The molecule has 16 heavy (non-hydrogen) atoms. The highest BCUT2D eigenvalue weighted by molar-refractivity contribution is 5.89. The Morgan fingerprint density at radius 1 is 1.12 bits per heavy atom. The van der Waals surface area contributed by atoms with Crippen molar-refractivity contribution in [2.45, 2.75) is 0 Å². The van der Waals surface area contributed by atoms with Crippen molar-refractivity contribution in [1.82, 2.24) is 9.97 Å². The van der Waals surface area contributed by atoms with Gasteiger partial charge in [-0.25, -0.2) is 14.4 Å². The van der Waals surface area contributed by atoms with E-state index in [9.17, 15) is 19.2 Å². The van der Waals surface area contributed by atoms with Crippen LogP contribution in [0.1, 0.15) is 0 Å². The van der Waals surface area contributed by atoms with Crippen molar-refractivity contribution in [3.8, 4) is 0 Å². The van der Waals surface area contributed by atoms with Gasteiger partial charge in [-0.2, -0.15) is 0 Å². The molecule has 0 atom stereocenters. The molecule has 0 unspecified atom stereocenters. The smallest absolute Gasteiger partial charge is 0.328 e. The van der Waals surface area contributed by atoms with Gasteiger partial charge in [-0.15, -0.1) is 0 Å². The quantitative estimate of drug-likeness (QED) is 0.467. The first-order chi connectivity index (χ1) is 7.41. The fourth-order valence-electron chi connectivity index (χ4n) is 0.525. The van der Waals surface area contributed by atoms with Crippen molar-refractivity contribution in [2.24, 2.45) is 0 Å². The van der Waals surface area contributed by atoms with Crippen LogP contribution in [0.4, 0.5) is 0 Å². The number of carbonyl (C=O) groups is 2. The number of hydrogen-bond donors (Lipinski definition) is 4. The third-order valence-electron chi connectivity index (χ3n) is 1.05. The zero-order valence-corrected chi connectivity index (χ0v) is 7.84. The molecule has 0 aliphatic rings. The minimum Gasteiger partial charge on any atom is -0.478 e. The average Bonchev–Trinajstić information content (AvgIpc) is 2.15. The van der Waals surface area contributed by atoms with Crippen LogP contribution in [0.5, 0.6) is 0 Å². The number of aliphatic carboxylic acids is 2. The van der Waals surface area contributed by atoms with E-state index in [1.165, 1.54) is 12.3 Å². The number of rotatable bonds is 2. The van der Waals surface area contributed by atoms with Crippen molar-refractivity contribution >= 4 is 11.9 Å². The Hall–Kier alpha value is -2.64. The first kappa shape index (κ1) is 13.4. The number of nitrogens with one attached hydrogen (secondary N) is 2. The summed E-state index contributed by atoms with van der Waals surface area (Å²) in [6.45, 7) is 0. The summed E-state index contributed by atoms with van der Waals surface area (Å²) in [5, 5.41) is 15.6. The summed E-state index contributed by atoms with van der Waals surface area (Å²) in [6, 6.07) is 1.24. The molecule has 1 heterocycles. The number of aromatic nitrogens is 2. The van der Waals surface area contributed by atoms with Crippen LogP contribution in [0.3, 0.4) is 0 Å². The zero-order valence-electron chi connectivity index (χ0n) is 7.84. The molecule has 0 bridgehead atoms. The second-order valence-corrected chi connectivity index (χ2v) is 2.31. The van der Waals surface area contributed by atoms with Crippen LogP contribution >= 0.6 is 0 Å². The van der Waals surface area contributed by atoms with Gasteiger partial charge >= 0.3 is 17.6 Å². The van der Waals surface area contributed by atoms with Crippen molar-refractivity contribution in [2.75, 3.05) is 0 Å². The molecule has 1 rings (SSSR count). The summed E-state index contributed by atoms with van der Waals surface area (Å²) in [7, 11) is 0. The van der Waals surface area contributed by atoms with Crippen LogP contribution in [-0.2, 0) is 9.59 Å². The largest absolute Gasteiger partial charge is 0.478 e. The van der Waals surface area contributed by atoms with Crippen molar-refractivity contribution in [3.63, 3.8) is 0 Å². The minimum atomic E-state index is -1.26. The third kappa shape index (κ3) is 7.98. The zero-order chi connectivity index (χ0) is 12.6. The Kier molecular flexibility index (Phi) is 5.65. The summed E-state index contributed by atoms with van der Waals surface area (Å²) in [5.41, 5.74) is -0.855. The van der Waals surface area contributed by atoms with Crippen LogP contribution < -0.4 is 11.2 Å². The summed E-state index contributed by atoms with van der Waals surface area (Å²) in [4.78, 5) is 43.8. The Labute approximate surface area is 87.9 Å². The predicted octanol–water partition coefficient (Wildman–Crippen LogP) is -1.23. The maximum atomic E-state index is 10.2. The molecule has 1 aromatic rings. The number of hydrogen-bond acceptors (Lipinski definition) is 4. The van der Waals surface area contributed by atoms with E-state index in [1.54, 1.807) is 0 Å². The van der Waals surface area contributed by atoms with E-state index in [1.807, 2.05) is 4.98 Å². The highest BCUT2D eigenvalue weighted by Crippen LogP contribution is 1.70. The average molecular weight is 228 g/mol. The number of carboxylic acid groups (broad SMARTS) is 2. The lowest BCUT2D eigenvalue weighted by molar-refractivity contribution is -0.134. The van der Waals surface area contributed by atoms with Gasteiger partial charge in [-0.1, -0.05) is 0 Å². The standard InChI is InChI=1S/C4H4N2O2.C4H4O4/c7-3-1-2-5-4(8)6-3;5-3(6)1-2-4(7)8/h1-2H,(H2,5,6,7,8);1-2H,(H,5,6)(H,7,8)/b;2-1+. The minimum absolute atomic E-state index is 0.381. The van der Waals surface area contributed by atoms with Crippen LogP contribution in [-0.4, -0.2) is 32.1 Å². The van der Waals surface area contributed by atoms with E-state index in [-0.39, 0.29) is 5.56 Å². The Morgan fingerprint density at radius 2 is 1.62 bits per heavy atom. The molecule has 0 saturated heterocycles. The maximum absolute atomic E-state index is 10.2. The molecule has 0 aliphatic heterocycles. The number of carboxylic acids is 2. The molecule has 4 N–H and O–H groups in total. The molecular weight excluding hydrogens is 220 g/mol. The first-order valence-electron chi connectivity index (χ1n) is 3.84. The monoisotopic (exact) mass is 228 g/mol. The van der Waals surface area contributed by atoms with E-state index in [0.29, 0.717) is 12.2 Å². The normalized spacial score (nSPS) is 9.25. The SMILES string of the molecule is O=C(O)/C=C/C(=O)O.O=c1cc[nH]c(=O)[nH]1. The molecule has 8 heteroatoms. The van der Waals surface area contributed by atoms with Crippen molar-refractivity contribution in [3.05, 3.63) is 45.3 Å². The second kappa shape index (κ2) is 6.76. The Balaban J connectivity index is 0.000000281. The first-order valence-corrected chi connectivity index (χ1v) is 3.84. The van der Waals surface area contributed by atoms with E-state index < -0.39 is 17.6 Å². The van der Waals surface area contributed by atoms with Gasteiger partial charge in [0.15, 0.2) is 0 Å². The van der Waals surface area contributed by atoms with Gasteiger partial charge in [-0.05, 0) is 0 Å². The van der Waals surface area contributed by atoms with Gasteiger partial charge in [0.25, 0.3) is 5.56 Å². The molecule has 0 fully saturated rings. The third-order valence-corrected chi connectivity index (χ3v) is 1.05. The van der Waals surface area contributed by atoms with Gasteiger partial charge < -0.3 is 15.2 Å². The van der Waals surface area contributed by atoms with Gasteiger partial charge in [0.2, 0.25) is 0 Å². The van der Waals surface area contributed by atoms with Crippen LogP contribution in [0.25, 0.3) is 0 Å². The predicted molar refractivity (Wildman–Crippen MR) is 52.1 cm³/mol. The number of aromatic amines is 2. The topological polar surface area (TPSA) is 140 Å². The second-order valence-electron chi connectivity index (χ2n) is 2.31. The molecular formula is C8H8N2O6. The summed E-state index contributed by atoms with van der Waals surface area (Å²) in [5.74, 6) is -2.51. The van der Waals surface area contributed by atoms with Crippen LogP contribution in [0, 0.1) is 0 Å². The fourth-order valence-corrected chi connectivity index (χ4v) is 0.525. The van der Waals surface area contributed by atoms with Crippen LogP contribution in [0.2, 0.25) is 0 Å².